The first-order valence-corrected chi connectivity index (χ1v) is 6.44. The Labute approximate surface area is 111 Å². The summed E-state index contributed by atoms with van der Waals surface area (Å²) in [7, 11) is 1.70. The smallest absolute Gasteiger partial charge is 0.280 e. The third-order valence-electron chi connectivity index (χ3n) is 3.07. The number of hydrogen-bond acceptors (Lipinski definition) is 5. The summed E-state index contributed by atoms with van der Waals surface area (Å²) < 4.78 is 7.50. The quantitative estimate of drug-likeness (QED) is 0.823. The first kappa shape index (κ1) is 13.5. The Bertz CT molecular complexity index is 600. The molecule has 0 saturated heterocycles. The van der Waals surface area contributed by atoms with Crippen LogP contribution in [-0.2, 0) is 11.5 Å². The Morgan fingerprint density at radius 3 is 2.84 bits per heavy atom. The number of H-pyrrole nitrogens is 1. The third-order valence-corrected chi connectivity index (χ3v) is 3.07. The van der Waals surface area contributed by atoms with Gasteiger partial charge in [0.1, 0.15) is 6.73 Å². The summed E-state index contributed by atoms with van der Waals surface area (Å²) in [5.74, 6) is 0.418. The Morgan fingerprint density at radius 2 is 2.21 bits per heavy atom. The Morgan fingerprint density at radius 1 is 1.47 bits per heavy atom. The minimum Gasteiger partial charge on any atom is -0.359 e. The monoisotopic (exact) mass is 265 g/mol. The molecule has 0 spiro atoms. The van der Waals surface area contributed by atoms with Crippen LogP contribution in [0.3, 0.4) is 0 Å². The zero-order valence-electron chi connectivity index (χ0n) is 11.4. The maximum atomic E-state index is 11.8. The van der Waals surface area contributed by atoms with Gasteiger partial charge in [0.15, 0.2) is 11.2 Å². The van der Waals surface area contributed by atoms with E-state index in [0.29, 0.717) is 23.8 Å². The van der Waals surface area contributed by atoms with Crippen LogP contribution in [0.1, 0.15) is 26.7 Å². The van der Waals surface area contributed by atoms with E-state index in [4.69, 9.17) is 4.74 Å². The van der Waals surface area contributed by atoms with Crippen LogP contribution in [0.5, 0.6) is 0 Å². The standard InChI is InChI=1S/C12H19N5O2/c1-4-8(5-2)19-7-17-6-14-9-10(17)15-12(13-3)16-11(9)18/h6,8H,4-5,7H2,1-3H3,(H2,13,15,16,18). The average Bonchev–Trinajstić information content (AvgIpc) is 2.83. The summed E-state index contributed by atoms with van der Waals surface area (Å²) in [6.45, 7) is 4.52. The minimum absolute atomic E-state index is 0.211. The van der Waals surface area contributed by atoms with Gasteiger partial charge < -0.3 is 10.1 Å². The van der Waals surface area contributed by atoms with Crippen LogP contribution in [0.25, 0.3) is 11.2 Å². The number of ether oxygens (including phenoxy) is 1. The van der Waals surface area contributed by atoms with E-state index in [2.05, 4.69) is 34.1 Å². The van der Waals surface area contributed by atoms with E-state index in [1.165, 1.54) is 0 Å². The van der Waals surface area contributed by atoms with Gasteiger partial charge in [-0.05, 0) is 12.8 Å². The van der Waals surface area contributed by atoms with Crippen LogP contribution >= 0.6 is 0 Å². The highest BCUT2D eigenvalue weighted by Gasteiger charge is 2.11. The molecule has 104 valence electrons. The molecule has 2 heterocycles. The second kappa shape index (κ2) is 5.83. The van der Waals surface area contributed by atoms with Crippen molar-refractivity contribution < 1.29 is 4.74 Å². The number of aromatic amines is 1. The molecule has 0 unspecified atom stereocenters. The Balaban J connectivity index is 2.29. The first-order valence-electron chi connectivity index (χ1n) is 6.44. The molecule has 0 amide bonds. The molecule has 0 aromatic carbocycles. The van der Waals surface area contributed by atoms with Crippen molar-refractivity contribution in [1.82, 2.24) is 19.5 Å². The number of imidazole rings is 1. The number of nitrogens with one attached hydrogen (secondary N) is 2. The van der Waals surface area contributed by atoms with E-state index in [0.717, 1.165) is 12.8 Å². The first-order chi connectivity index (χ1) is 9.19. The number of hydrogen-bond donors (Lipinski definition) is 2. The van der Waals surface area contributed by atoms with Crippen molar-refractivity contribution in [2.24, 2.45) is 0 Å². The fourth-order valence-corrected chi connectivity index (χ4v) is 1.88. The van der Waals surface area contributed by atoms with Crippen LogP contribution in [0, 0.1) is 0 Å². The van der Waals surface area contributed by atoms with E-state index in [-0.39, 0.29) is 11.7 Å². The molecule has 19 heavy (non-hydrogen) atoms. The molecule has 2 aromatic rings. The van der Waals surface area contributed by atoms with Crippen molar-refractivity contribution in [2.75, 3.05) is 12.4 Å². The van der Waals surface area contributed by atoms with Crippen molar-refractivity contribution in [2.45, 2.75) is 39.5 Å². The van der Waals surface area contributed by atoms with Crippen molar-refractivity contribution in [3.63, 3.8) is 0 Å². The average molecular weight is 265 g/mol. The van der Waals surface area contributed by atoms with Gasteiger partial charge in [-0.25, -0.2) is 4.98 Å². The van der Waals surface area contributed by atoms with Crippen LogP contribution < -0.4 is 10.9 Å². The number of aromatic nitrogens is 4. The molecule has 0 aliphatic rings. The van der Waals surface area contributed by atoms with Crippen LogP contribution in [0.2, 0.25) is 0 Å². The second-order valence-electron chi connectivity index (χ2n) is 4.29. The van der Waals surface area contributed by atoms with Gasteiger partial charge >= 0.3 is 0 Å². The van der Waals surface area contributed by atoms with Gasteiger partial charge in [0.2, 0.25) is 5.95 Å². The Hall–Kier alpha value is -1.89. The highest BCUT2D eigenvalue weighted by atomic mass is 16.5. The molecule has 0 aliphatic heterocycles. The molecule has 0 saturated carbocycles. The predicted molar refractivity (Wildman–Crippen MR) is 73.2 cm³/mol. The fourth-order valence-electron chi connectivity index (χ4n) is 1.88. The Kier molecular flexibility index (Phi) is 4.16. The van der Waals surface area contributed by atoms with Crippen LogP contribution in [-0.4, -0.2) is 32.7 Å². The highest BCUT2D eigenvalue weighted by molar-refractivity contribution is 5.70. The second-order valence-corrected chi connectivity index (χ2v) is 4.29. The van der Waals surface area contributed by atoms with E-state index >= 15 is 0 Å². The lowest BCUT2D eigenvalue weighted by atomic mass is 10.2. The summed E-state index contributed by atoms with van der Waals surface area (Å²) in [5.41, 5.74) is 0.599. The summed E-state index contributed by atoms with van der Waals surface area (Å²) >= 11 is 0. The van der Waals surface area contributed by atoms with Crippen molar-refractivity contribution in [3.05, 3.63) is 16.7 Å². The molecule has 0 atom stereocenters. The summed E-state index contributed by atoms with van der Waals surface area (Å²) in [4.78, 5) is 22.7. The molecule has 0 bridgehead atoms. The molecule has 7 nitrogen and oxygen atoms in total. The van der Waals surface area contributed by atoms with Gasteiger partial charge in [0.05, 0.1) is 12.4 Å². The minimum atomic E-state index is -0.254. The van der Waals surface area contributed by atoms with Crippen LogP contribution in [0.15, 0.2) is 11.1 Å². The maximum absolute atomic E-state index is 11.8. The van der Waals surface area contributed by atoms with Gasteiger partial charge in [0.25, 0.3) is 5.56 Å². The molecule has 7 heteroatoms. The van der Waals surface area contributed by atoms with Crippen molar-refractivity contribution in [1.29, 1.82) is 0 Å². The number of fused-ring (bicyclic) bond motifs is 1. The largest absolute Gasteiger partial charge is 0.359 e. The van der Waals surface area contributed by atoms with E-state index in [1.807, 2.05) is 0 Å². The molecule has 2 rings (SSSR count). The fraction of sp³-hybridized carbons (Fsp3) is 0.583. The predicted octanol–water partition coefficient (Wildman–Crippen LogP) is 1.32. The van der Waals surface area contributed by atoms with E-state index < -0.39 is 0 Å². The van der Waals surface area contributed by atoms with Gasteiger partial charge in [-0.2, -0.15) is 4.98 Å². The van der Waals surface area contributed by atoms with E-state index in [9.17, 15) is 4.79 Å². The van der Waals surface area contributed by atoms with E-state index in [1.54, 1.807) is 17.9 Å². The van der Waals surface area contributed by atoms with Gasteiger partial charge in [0, 0.05) is 7.05 Å². The molecule has 0 fully saturated rings. The summed E-state index contributed by atoms with van der Waals surface area (Å²) in [6, 6.07) is 0. The maximum Gasteiger partial charge on any atom is 0.280 e. The molecular formula is C12H19N5O2. The van der Waals surface area contributed by atoms with Crippen molar-refractivity contribution in [3.8, 4) is 0 Å². The van der Waals surface area contributed by atoms with Gasteiger partial charge in [-0.3, -0.25) is 14.3 Å². The summed E-state index contributed by atoms with van der Waals surface area (Å²) in [6.07, 6.45) is 3.70. The van der Waals surface area contributed by atoms with Gasteiger partial charge in [-0.1, -0.05) is 13.8 Å². The topological polar surface area (TPSA) is 84.8 Å². The number of nitrogens with zero attached hydrogens (tertiary/aromatic N) is 3. The highest BCUT2D eigenvalue weighted by Crippen LogP contribution is 2.10. The number of rotatable bonds is 6. The van der Waals surface area contributed by atoms with Crippen LogP contribution in [0.4, 0.5) is 5.95 Å². The lowest BCUT2D eigenvalue weighted by Gasteiger charge is -2.14. The molecule has 2 N–H and O–H groups in total. The SMILES string of the molecule is CCC(CC)OCn1cnc2c(=O)[nH]c(NC)nc21. The van der Waals surface area contributed by atoms with Gasteiger partial charge in [-0.15, -0.1) is 0 Å². The lowest BCUT2D eigenvalue weighted by molar-refractivity contribution is 0.00468. The third kappa shape index (κ3) is 2.76. The zero-order valence-corrected chi connectivity index (χ0v) is 11.4. The zero-order chi connectivity index (χ0) is 13.8. The molecule has 0 radical (unpaired) electrons. The normalized spacial score (nSPS) is 11.4. The van der Waals surface area contributed by atoms with Crippen molar-refractivity contribution >= 4 is 17.1 Å². The molecule has 2 aromatic heterocycles. The lowest BCUT2D eigenvalue weighted by Crippen LogP contribution is -2.15. The molecule has 0 aliphatic carbocycles. The number of anilines is 1. The molecular weight excluding hydrogens is 246 g/mol. The summed E-state index contributed by atoms with van der Waals surface area (Å²) in [5, 5.41) is 2.82.